The van der Waals surface area contributed by atoms with Gasteiger partial charge in [0.1, 0.15) is 5.60 Å². The van der Waals surface area contributed by atoms with Gasteiger partial charge in [-0.05, 0) is 81.5 Å². The van der Waals surface area contributed by atoms with Crippen LogP contribution in [0.3, 0.4) is 0 Å². The van der Waals surface area contributed by atoms with E-state index in [2.05, 4.69) is 13.8 Å². The minimum atomic E-state index is -1.19. The highest BCUT2D eigenvalue weighted by Gasteiger charge is 2.70. The fraction of sp³-hybridized carbons (Fsp3) is 0.952. The van der Waals surface area contributed by atoms with Crippen LogP contribution in [0.2, 0.25) is 0 Å². The first kappa shape index (κ1) is 19.5. The van der Waals surface area contributed by atoms with E-state index in [-0.39, 0.29) is 28.1 Å². The van der Waals surface area contributed by atoms with Gasteiger partial charge in [0.15, 0.2) is 5.78 Å². The van der Waals surface area contributed by atoms with E-state index < -0.39 is 10.5 Å². The number of carbonyl (C=O) groups excluding carboxylic acids is 1. The van der Waals surface area contributed by atoms with Crippen LogP contribution in [0, 0.1) is 28.6 Å². The number of aliphatic hydroxyl groups excluding tert-OH is 1. The number of carbonyl (C=O) groups is 1. The van der Waals surface area contributed by atoms with Crippen LogP contribution in [-0.4, -0.2) is 38.0 Å². The monoisotopic (exact) mass is 402 g/mol. The maximum Gasteiger partial charge on any atom is 0.161 e. The summed E-state index contributed by atoms with van der Waals surface area (Å²) < 4.78 is 0. The summed E-state index contributed by atoms with van der Waals surface area (Å²) in [4.78, 5) is 11.7. The van der Waals surface area contributed by atoms with Gasteiger partial charge in [0.05, 0.1) is 16.4 Å². The van der Waals surface area contributed by atoms with E-state index in [0.717, 1.165) is 38.5 Å². The smallest absolute Gasteiger partial charge is 0.161 e. The van der Waals surface area contributed by atoms with Gasteiger partial charge in [-0.3, -0.25) is 4.79 Å². The summed E-state index contributed by atoms with van der Waals surface area (Å²) >= 11 is 14.1. The van der Waals surface area contributed by atoms with Crippen LogP contribution in [0.5, 0.6) is 0 Å². The Morgan fingerprint density at radius 1 is 1.04 bits per heavy atom. The van der Waals surface area contributed by atoms with Gasteiger partial charge in [-0.1, -0.05) is 13.8 Å². The van der Waals surface area contributed by atoms with Crippen molar-refractivity contribution in [3.63, 3.8) is 0 Å². The van der Waals surface area contributed by atoms with E-state index in [1.807, 2.05) is 0 Å². The van der Waals surface area contributed by atoms with Crippen molar-refractivity contribution in [2.75, 3.05) is 0 Å². The molecule has 148 valence electrons. The third-order valence-corrected chi connectivity index (χ3v) is 11.0. The lowest BCUT2D eigenvalue weighted by Gasteiger charge is -2.65. The molecule has 0 spiro atoms. The number of hydrogen-bond acceptors (Lipinski definition) is 3. The van der Waals surface area contributed by atoms with Crippen molar-refractivity contribution >= 4 is 29.0 Å². The highest BCUT2D eigenvalue weighted by Crippen LogP contribution is 2.71. The van der Waals surface area contributed by atoms with Crippen LogP contribution in [0.1, 0.15) is 72.1 Å². The third kappa shape index (κ3) is 2.18. The van der Waals surface area contributed by atoms with Gasteiger partial charge in [0.2, 0.25) is 0 Å². The molecule has 0 aromatic heterocycles. The van der Waals surface area contributed by atoms with Crippen molar-refractivity contribution in [1.82, 2.24) is 0 Å². The van der Waals surface area contributed by atoms with Gasteiger partial charge < -0.3 is 10.2 Å². The molecule has 26 heavy (non-hydrogen) atoms. The standard InChI is InChI=1S/C21H32Cl2O3/c1-12(24)21(26)9-6-16-14-10-17(22)20(23)11-13(25)4-7-18(20,2)15(14)5-8-19(16,21)3/h13-17,25-26H,4-11H2,1-3H3/t13-,14-,15-,16-,17+,18-,19-,20+,21+/m1/s1. The number of rotatable bonds is 1. The molecule has 0 unspecified atom stereocenters. The lowest BCUT2D eigenvalue weighted by molar-refractivity contribution is -0.167. The van der Waals surface area contributed by atoms with E-state index in [4.69, 9.17) is 23.2 Å². The summed E-state index contributed by atoms with van der Waals surface area (Å²) in [5.74, 6) is 1.09. The molecule has 0 heterocycles. The molecular formula is C21H32Cl2O3. The first-order valence-corrected chi connectivity index (χ1v) is 11.1. The molecule has 4 fully saturated rings. The molecule has 4 aliphatic carbocycles. The molecular weight excluding hydrogens is 371 g/mol. The zero-order chi connectivity index (χ0) is 19.1. The normalized spacial score (nSPS) is 59.3. The SMILES string of the molecule is CC(=O)[C@@]1(O)CC[C@@H]2[C@@H]3C[C@H](Cl)[C@@]4(Cl)C[C@H](O)CC[C@]4(C)[C@@H]3CC[C@]21C. The zero-order valence-electron chi connectivity index (χ0n) is 16.1. The molecule has 2 N–H and O–H groups in total. The quantitative estimate of drug-likeness (QED) is 0.643. The molecule has 0 aromatic carbocycles. The van der Waals surface area contributed by atoms with Crippen LogP contribution in [0.15, 0.2) is 0 Å². The van der Waals surface area contributed by atoms with Gasteiger partial charge in [-0.2, -0.15) is 0 Å². The molecule has 0 radical (unpaired) electrons. The van der Waals surface area contributed by atoms with Crippen LogP contribution in [0.25, 0.3) is 0 Å². The Morgan fingerprint density at radius 2 is 1.62 bits per heavy atom. The van der Waals surface area contributed by atoms with Gasteiger partial charge in [-0.15, -0.1) is 23.2 Å². The average Bonchev–Trinajstić information content (AvgIpc) is 2.84. The first-order valence-electron chi connectivity index (χ1n) is 10.2. The molecule has 4 saturated carbocycles. The van der Waals surface area contributed by atoms with Gasteiger partial charge >= 0.3 is 0 Å². The van der Waals surface area contributed by atoms with E-state index >= 15 is 0 Å². The Morgan fingerprint density at radius 3 is 2.27 bits per heavy atom. The second-order valence-corrected chi connectivity index (χ2v) is 11.4. The fourth-order valence-electron chi connectivity index (χ4n) is 7.76. The summed E-state index contributed by atoms with van der Waals surface area (Å²) in [5.41, 5.74) is -1.64. The van der Waals surface area contributed by atoms with E-state index in [1.165, 1.54) is 0 Å². The largest absolute Gasteiger partial charge is 0.393 e. The molecule has 0 aliphatic heterocycles. The summed E-state index contributed by atoms with van der Waals surface area (Å²) in [5, 5.41) is 21.3. The lowest BCUT2D eigenvalue weighted by atomic mass is 9.44. The van der Waals surface area contributed by atoms with Crippen molar-refractivity contribution < 1.29 is 15.0 Å². The molecule has 3 nitrogen and oxygen atoms in total. The topological polar surface area (TPSA) is 57.5 Å². The maximum atomic E-state index is 12.3. The number of aliphatic hydroxyl groups is 2. The summed E-state index contributed by atoms with van der Waals surface area (Å²) in [7, 11) is 0. The number of ketones is 1. The maximum absolute atomic E-state index is 12.3. The number of fused-ring (bicyclic) bond motifs is 5. The van der Waals surface area contributed by atoms with Crippen molar-refractivity contribution in [3.8, 4) is 0 Å². The Kier molecular flexibility index (Phi) is 4.38. The molecule has 0 aromatic rings. The van der Waals surface area contributed by atoms with E-state index in [1.54, 1.807) is 6.92 Å². The van der Waals surface area contributed by atoms with Gasteiger partial charge in [-0.25, -0.2) is 0 Å². The van der Waals surface area contributed by atoms with Crippen LogP contribution in [0.4, 0.5) is 0 Å². The molecule has 5 heteroatoms. The molecule has 0 saturated heterocycles. The van der Waals surface area contributed by atoms with Crippen LogP contribution < -0.4 is 0 Å². The van der Waals surface area contributed by atoms with E-state index in [0.29, 0.717) is 30.6 Å². The minimum absolute atomic E-state index is 0.0853. The Hall–Kier alpha value is 0.170. The Balaban J connectivity index is 1.72. The fourth-order valence-corrected chi connectivity index (χ4v) is 8.80. The molecule has 4 rings (SSSR count). The van der Waals surface area contributed by atoms with Crippen molar-refractivity contribution in [2.24, 2.45) is 28.6 Å². The zero-order valence-corrected chi connectivity index (χ0v) is 17.6. The van der Waals surface area contributed by atoms with Gasteiger partial charge in [0, 0.05) is 5.41 Å². The second-order valence-electron chi connectivity index (χ2n) is 10.2. The first-order chi connectivity index (χ1) is 12.0. The Bertz CT molecular complexity index is 626. The summed E-state index contributed by atoms with van der Waals surface area (Å²) in [6.45, 7) is 5.95. The minimum Gasteiger partial charge on any atom is -0.393 e. The van der Waals surface area contributed by atoms with Crippen molar-refractivity contribution in [1.29, 1.82) is 0 Å². The number of Topliss-reactive ketones (excluding diaryl/α,β-unsaturated/α-hetero) is 1. The Labute approximate surface area is 166 Å². The predicted molar refractivity (Wildman–Crippen MR) is 103 cm³/mol. The second kappa shape index (κ2) is 5.84. The molecule has 0 amide bonds. The van der Waals surface area contributed by atoms with Crippen LogP contribution >= 0.6 is 23.2 Å². The van der Waals surface area contributed by atoms with Gasteiger partial charge in [0.25, 0.3) is 0 Å². The molecule has 9 atom stereocenters. The van der Waals surface area contributed by atoms with Crippen molar-refractivity contribution in [2.45, 2.75) is 94.1 Å². The highest BCUT2D eigenvalue weighted by atomic mass is 35.5. The average molecular weight is 403 g/mol. The third-order valence-electron chi connectivity index (χ3n) is 9.44. The summed E-state index contributed by atoms with van der Waals surface area (Å²) in [6.07, 6.45) is 6.05. The van der Waals surface area contributed by atoms with E-state index in [9.17, 15) is 15.0 Å². The number of halogens is 2. The predicted octanol–water partition coefficient (Wildman–Crippen LogP) is 4.29. The molecule has 4 aliphatic rings. The lowest BCUT2D eigenvalue weighted by Crippen LogP contribution is -2.66. The van der Waals surface area contributed by atoms with Crippen LogP contribution in [-0.2, 0) is 4.79 Å². The highest BCUT2D eigenvalue weighted by molar-refractivity contribution is 6.33. The van der Waals surface area contributed by atoms with Crippen molar-refractivity contribution in [3.05, 3.63) is 0 Å². The molecule has 0 bridgehead atoms. The number of alkyl halides is 2. The number of hydrogen-bond donors (Lipinski definition) is 2. The summed E-state index contributed by atoms with van der Waals surface area (Å²) in [6, 6.07) is 0.